The molecule has 0 aliphatic carbocycles. The van der Waals surface area contributed by atoms with Crippen LogP contribution in [-0.2, 0) is 6.54 Å². The summed E-state index contributed by atoms with van der Waals surface area (Å²) in [5.41, 5.74) is 1.53. The summed E-state index contributed by atoms with van der Waals surface area (Å²) in [5, 5.41) is 6.88. The van der Waals surface area contributed by atoms with Gasteiger partial charge in [0.05, 0.1) is 5.69 Å². The van der Waals surface area contributed by atoms with E-state index in [1.165, 1.54) is 11.6 Å². The molecule has 1 fully saturated rings. The monoisotopic (exact) mass is 381 g/mol. The molecule has 5 nitrogen and oxygen atoms in total. The molecule has 26 heavy (non-hydrogen) atoms. The average Bonchev–Trinajstić information content (AvgIpc) is 3.00. The number of hydrogen-bond donors (Lipinski definition) is 1. The Kier molecular flexibility index (Phi) is 6.40. The van der Waals surface area contributed by atoms with Crippen LogP contribution in [0, 0.1) is 0 Å². The van der Waals surface area contributed by atoms with Crippen molar-refractivity contribution in [3.8, 4) is 5.75 Å². The molecule has 0 bridgehead atoms. The van der Waals surface area contributed by atoms with Gasteiger partial charge in [-0.25, -0.2) is 4.79 Å². The molecule has 0 atom stereocenters. The van der Waals surface area contributed by atoms with E-state index < -0.39 is 6.61 Å². The highest BCUT2D eigenvalue weighted by atomic mass is 32.1. The zero-order chi connectivity index (χ0) is 18.4. The number of alkyl halides is 2. The van der Waals surface area contributed by atoms with E-state index in [0.29, 0.717) is 13.1 Å². The van der Waals surface area contributed by atoms with E-state index in [2.05, 4.69) is 31.8 Å². The molecule has 2 aromatic rings. The summed E-state index contributed by atoms with van der Waals surface area (Å²) in [5.74, 6) is -0.0373. The molecule has 1 aliphatic heterocycles. The minimum absolute atomic E-state index is 0.0373. The lowest BCUT2D eigenvalue weighted by atomic mass is 10.3. The summed E-state index contributed by atoms with van der Waals surface area (Å²) in [4.78, 5) is 16.6. The Morgan fingerprint density at radius 3 is 2.81 bits per heavy atom. The van der Waals surface area contributed by atoms with Crippen molar-refractivity contribution < 1.29 is 18.3 Å². The third kappa shape index (κ3) is 5.15. The van der Waals surface area contributed by atoms with Crippen LogP contribution in [0.15, 0.2) is 41.1 Å². The number of thiophene rings is 1. The second kappa shape index (κ2) is 8.95. The number of nitrogens with one attached hydrogen (secondary N) is 1. The van der Waals surface area contributed by atoms with Gasteiger partial charge in [0.15, 0.2) is 0 Å². The lowest BCUT2D eigenvalue weighted by Crippen LogP contribution is -2.38. The first-order valence-corrected chi connectivity index (χ1v) is 9.39. The van der Waals surface area contributed by atoms with Crippen molar-refractivity contribution >= 4 is 23.1 Å². The number of carbonyl (C=O) groups is 1. The van der Waals surface area contributed by atoms with Gasteiger partial charge in [0.25, 0.3) is 0 Å². The summed E-state index contributed by atoms with van der Waals surface area (Å²) in [7, 11) is 0. The molecule has 0 radical (unpaired) electrons. The zero-order valence-electron chi connectivity index (χ0n) is 14.2. The van der Waals surface area contributed by atoms with Crippen molar-refractivity contribution in [3.63, 3.8) is 0 Å². The van der Waals surface area contributed by atoms with Gasteiger partial charge in [0.2, 0.25) is 0 Å². The molecule has 2 heterocycles. The number of benzene rings is 1. The van der Waals surface area contributed by atoms with Crippen LogP contribution >= 0.6 is 11.3 Å². The standard InChI is InChI=1S/C18H21F2N3O2S/c19-17(20)25-16-5-2-1-4-15(16)21-18(24)23-8-3-7-22(9-10-23)12-14-6-11-26-13-14/h1-2,4-6,11,13,17H,3,7-10,12H2,(H,21,24). The van der Waals surface area contributed by atoms with Crippen LogP contribution in [0.25, 0.3) is 0 Å². The van der Waals surface area contributed by atoms with Gasteiger partial charge in [-0.3, -0.25) is 4.90 Å². The van der Waals surface area contributed by atoms with Crippen LogP contribution in [0.4, 0.5) is 19.3 Å². The average molecular weight is 381 g/mol. The van der Waals surface area contributed by atoms with Crippen LogP contribution in [0.2, 0.25) is 0 Å². The fourth-order valence-corrected chi connectivity index (χ4v) is 3.60. The summed E-state index contributed by atoms with van der Waals surface area (Å²) < 4.78 is 29.4. The maximum Gasteiger partial charge on any atom is 0.387 e. The number of anilines is 1. The summed E-state index contributed by atoms with van der Waals surface area (Å²) in [6.07, 6.45) is 0.868. The Bertz CT molecular complexity index is 712. The first-order chi connectivity index (χ1) is 12.6. The van der Waals surface area contributed by atoms with Crippen molar-refractivity contribution in [2.75, 3.05) is 31.5 Å². The Morgan fingerprint density at radius 1 is 1.19 bits per heavy atom. The number of ether oxygens (including phenoxy) is 1. The van der Waals surface area contributed by atoms with Gasteiger partial charge < -0.3 is 15.0 Å². The first-order valence-electron chi connectivity index (χ1n) is 8.45. The van der Waals surface area contributed by atoms with Gasteiger partial charge in [0.1, 0.15) is 5.75 Å². The number of para-hydroxylation sites is 2. The van der Waals surface area contributed by atoms with E-state index in [4.69, 9.17) is 0 Å². The number of halogens is 2. The Balaban J connectivity index is 1.57. The normalized spacial score (nSPS) is 15.7. The van der Waals surface area contributed by atoms with Gasteiger partial charge in [-0.15, -0.1) is 0 Å². The SMILES string of the molecule is O=C(Nc1ccccc1OC(F)F)N1CCCN(Cc2ccsc2)CC1. The van der Waals surface area contributed by atoms with Crippen LogP contribution < -0.4 is 10.1 Å². The minimum atomic E-state index is -2.93. The van der Waals surface area contributed by atoms with E-state index in [1.54, 1.807) is 34.4 Å². The van der Waals surface area contributed by atoms with Crippen LogP contribution in [0.1, 0.15) is 12.0 Å². The third-order valence-electron chi connectivity index (χ3n) is 4.21. The molecular weight excluding hydrogens is 360 g/mol. The number of urea groups is 1. The maximum atomic E-state index is 12.5. The van der Waals surface area contributed by atoms with Crippen molar-refractivity contribution in [2.24, 2.45) is 0 Å². The number of rotatable bonds is 5. The molecule has 8 heteroatoms. The maximum absolute atomic E-state index is 12.5. The van der Waals surface area contributed by atoms with Crippen LogP contribution in [0.3, 0.4) is 0 Å². The highest BCUT2D eigenvalue weighted by Crippen LogP contribution is 2.26. The number of nitrogens with zero attached hydrogens (tertiary/aromatic N) is 2. The van der Waals surface area contributed by atoms with Crippen LogP contribution in [-0.4, -0.2) is 48.6 Å². The lowest BCUT2D eigenvalue weighted by Gasteiger charge is -2.22. The van der Waals surface area contributed by atoms with Gasteiger partial charge in [-0.1, -0.05) is 12.1 Å². The fourth-order valence-electron chi connectivity index (χ4n) is 2.94. The predicted molar refractivity (Wildman–Crippen MR) is 97.9 cm³/mol. The molecule has 3 rings (SSSR count). The molecule has 0 unspecified atom stereocenters. The van der Waals surface area contributed by atoms with Gasteiger partial charge in [-0.05, 0) is 40.9 Å². The Morgan fingerprint density at radius 2 is 2.04 bits per heavy atom. The van der Waals surface area contributed by atoms with Gasteiger partial charge >= 0.3 is 12.6 Å². The van der Waals surface area contributed by atoms with E-state index in [9.17, 15) is 13.6 Å². The molecule has 1 aromatic carbocycles. The Hall–Kier alpha value is -2.19. The second-order valence-electron chi connectivity index (χ2n) is 6.05. The highest BCUT2D eigenvalue weighted by Gasteiger charge is 2.20. The van der Waals surface area contributed by atoms with E-state index >= 15 is 0 Å². The number of hydrogen-bond acceptors (Lipinski definition) is 4. The number of amides is 2. The largest absolute Gasteiger partial charge is 0.433 e. The quantitative estimate of drug-likeness (QED) is 0.849. The third-order valence-corrected chi connectivity index (χ3v) is 4.94. The molecule has 1 aliphatic rings. The molecule has 1 N–H and O–H groups in total. The summed E-state index contributed by atoms with van der Waals surface area (Å²) in [6.45, 7) is 0.863. The fraction of sp³-hybridized carbons (Fsp3) is 0.389. The first kappa shape index (κ1) is 18.6. The van der Waals surface area contributed by atoms with Crippen molar-refractivity contribution in [2.45, 2.75) is 19.6 Å². The molecule has 0 saturated carbocycles. The molecule has 140 valence electrons. The minimum Gasteiger partial charge on any atom is -0.433 e. The van der Waals surface area contributed by atoms with E-state index in [1.807, 2.05) is 0 Å². The Labute approximate surface area is 155 Å². The molecule has 1 saturated heterocycles. The highest BCUT2D eigenvalue weighted by molar-refractivity contribution is 7.07. The van der Waals surface area contributed by atoms with Crippen molar-refractivity contribution in [3.05, 3.63) is 46.7 Å². The lowest BCUT2D eigenvalue weighted by molar-refractivity contribution is -0.0493. The van der Waals surface area contributed by atoms with Crippen molar-refractivity contribution in [1.82, 2.24) is 9.80 Å². The molecular formula is C18H21F2N3O2S. The second-order valence-corrected chi connectivity index (χ2v) is 6.83. The van der Waals surface area contributed by atoms with Crippen LogP contribution in [0.5, 0.6) is 5.75 Å². The summed E-state index contributed by atoms with van der Waals surface area (Å²) in [6, 6.07) is 8.02. The molecule has 0 spiro atoms. The smallest absolute Gasteiger partial charge is 0.387 e. The zero-order valence-corrected chi connectivity index (χ0v) is 15.1. The topological polar surface area (TPSA) is 44.8 Å². The molecule has 1 aromatic heterocycles. The van der Waals surface area contributed by atoms with Gasteiger partial charge in [-0.2, -0.15) is 20.1 Å². The van der Waals surface area contributed by atoms with E-state index in [0.717, 1.165) is 26.1 Å². The van der Waals surface area contributed by atoms with Gasteiger partial charge in [0, 0.05) is 32.7 Å². The predicted octanol–water partition coefficient (Wildman–Crippen LogP) is 4.09. The summed E-state index contributed by atoms with van der Waals surface area (Å²) >= 11 is 1.68. The number of carbonyl (C=O) groups excluding carboxylic acids is 1. The van der Waals surface area contributed by atoms with E-state index in [-0.39, 0.29) is 17.5 Å². The molecule has 2 amide bonds. The van der Waals surface area contributed by atoms with Crippen molar-refractivity contribution in [1.29, 1.82) is 0 Å².